The van der Waals surface area contributed by atoms with Crippen LogP contribution in [0.25, 0.3) is 0 Å². The van der Waals surface area contributed by atoms with Crippen molar-refractivity contribution in [2.75, 3.05) is 34.3 Å². The first-order chi connectivity index (χ1) is 13.0. The van der Waals surface area contributed by atoms with Crippen molar-refractivity contribution in [3.63, 3.8) is 0 Å². The number of guanidine groups is 1. The summed E-state index contributed by atoms with van der Waals surface area (Å²) in [5, 5.41) is 6.58. The smallest absolute Gasteiger partial charge is 0.191 e. The topological polar surface area (TPSA) is 48.9 Å². The summed E-state index contributed by atoms with van der Waals surface area (Å²) in [5.74, 6) is 1.26. The van der Waals surface area contributed by atoms with E-state index in [4.69, 9.17) is 4.74 Å². The average Bonchev–Trinajstić information content (AvgIpc) is 2.67. The quantitative estimate of drug-likeness (QED) is 0.552. The number of ether oxygens (including phenoxy) is 1. The van der Waals surface area contributed by atoms with Crippen LogP contribution in [0.2, 0.25) is 0 Å². The highest BCUT2D eigenvalue weighted by atomic mass is 19.1. The second-order valence-corrected chi connectivity index (χ2v) is 6.42. The summed E-state index contributed by atoms with van der Waals surface area (Å²) in [7, 11) is 5.74. The maximum Gasteiger partial charge on any atom is 0.191 e. The van der Waals surface area contributed by atoms with E-state index in [0.717, 1.165) is 17.9 Å². The highest BCUT2D eigenvalue weighted by Gasteiger charge is 2.15. The lowest BCUT2D eigenvalue weighted by Crippen LogP contribution is -2.41. The highest BCUT2D eigenvalue weighted by molar-refractivity contribution is 5.79. The van der Waals surface area contributed by atoms with E-state index in [1.807, 2.05) is 45.3 Å². The van der Waals surface area contributed by atoms with Crippen LogP contribution in [0.4, 0.5) is 4.39 Å². The van der Waals surface area contributed by atoms with E-state index in [1.54, 1.807) is 19.2 Å². The molecular formula is C21H29FN4O. The molecule has 2 N–H and O–H groups in total. The molecule has 0 spiro atoms. The molecule has 2 aromatic carbocycles. The molecule has 2 aromatic rings. The van der Waals surface area contributed by atoms with Gasteiger partial charge in [0, 0.05) is 18.7 Å². The molecule has 5 nitrogen and oxygen atoms in total. The maximum absolute atomic E-state index is 13.8. The Balaban J connectivity index is 2.09. The van der Waals surface area contributed by atoms with E-state index in [0.29, 0.717) is 18.1 Å². The summed E-state index contributed by atoms with van der Waals surface area (Å²) >= 11 is 0. The third-order valence-corrected chi connectivity index (χ3v) is 4.27. The molecule has 27 heavy (non-hydrogen) atoms. The van der Waals surface area contributed by atoms with E-state index in [9.17, 15) is 4.39 Å². The molecule has 1 atom stereocenters. The number of aliphatic imine (C=N–C) groups is 1. The molecule has 0 aliphatic heterocycles. The summed E-state index contributed by atoms with van der Waals surface area (Å²) < 4.78 is 19.1. The van der Waals surface area contributed by atoms with E-state index in [2.05, 4.69) is 26.6 Å². The number of benzene rings is 2. The monoisotopic (exact) mass is 372 g/mol. The molecule has 0 amide bonds. The Morgan fingerprint density at radius 3 is 2.59 bits per heavy atom. The van der Waals surface area contributed by atoms with Gasteiger partial charge in [-0.1, -0.05) is 30.3 Å². The van der Waals surface area contributed by atoms with Crippen molar-refractivity contribution in [2.24, 2.45) is 4.99 Å². The molecular weight excluding hydrogens is 343 g/mol. The first-order valence-electron chi connectivity index (χ1n) is 9.11. The van der Waals surface area contributed by atoms with Crippen LogP contribution < -0.4 is 15.4 Å². The molecule has 0 bridgehead atoms. The lowest BCUT2D eigenvalue weighted by atomic mass is 10.1. The van der Waals surface area contributed by atoms with Crippen LogP contribution in [-0.4, -0.2) is 45.2 Å². The Labute approximate surface area is 161 Å². The van der Waals surface area contributed by atoms with Gasteiger partial charge in [-0.15, -0.1) is 0 Å². The molecule has 0 aliphatic rings. The minimum Gasteiger partial charge on any atom is -0.497 e. The SMILES string of the molecule is CCNC(=NCc1ccccc1F)NCC(c1cccc(OC)c1)N(C)C. The Bertz CT molecular complexity index is 748. The van der Waals surface area contributed by atoms with Crippen molar-refractivity contribution in [3.05, 3.63) is 65.5 Å². The maximum atomic E-state index is 13.8. The predicted molar refractivity (Wildman–Crippen MR) is 109 cm³/mol. The van der Waals surface area contributed by atoms with Gasteiger partial charge in [-0.05, 0) is 44.8 Å². The number of rotatable bonds is 8. The van der Waals surface area contributed by atoms with E-state index < -0.39 is 0 Å². The molecule has 0 saturated carbocycles. The van der Waals surface area contributed by atoms with Gasteiger partial charge in [-0.3, -0.25) is 0 Å². The lowest BCUT2D eigenvalue weighted by molar-refractivity contribution is 0.297. The molecule has 0 radical (unpaired) electrons. The van der Waals surface area contributed by atoms with Gasteiger partial charge in [0.2, 0.25) is 0 Å². The fourth-order valence-electron chi connectivity index (χ4n) is 2.77. The number of nitrogens with one attached hydrogen (secondary N) is 2. The van der Waals surface area contributed by atoms with Gasteiger partial charge in [0.05, 0.1) is 19.7 Å². The minimum absolute atomic E-state index is 0.136. The van der Waals surface area contributed by atoms with Gasteiger partial charge in [0.25, 0.3) is 0 Å². The zero-order valence-electron chi connectivity index (χ0n) is 16.5. The third-order valence-electron chi connectivity index (χ3n) is 4.27. The number of hydrogen-bond donors (Lipinski definition) is 2. The van der Waals surface area contributed by atoms with Gasteiger partial charge >= 0.3 is 0 Å². The molecule has 0 fully saturated rings. The van der Waals surface area contributed by atoms with Gasteiger partial charge in [0.1, 0.15) is 11.6 Å². The van der Waals surface area contributed by atoms with Gasteiger partial charge in [-0.2, -0.15) is 0 Å². The van der Waals surface area contributed by atoms with Crippen LogP contribution in [0.15, 0.2) is 53.5 Å². The van der Waals surface area contributed by atoms with Gasteiger partial charge in [0.15, 0.2) is 5.96 Å². The third kappa shape index (κ3) is 6.25. The Morgan fingerprint density at radius 2 is 1.93 bits per heavy atom. The van der Waals surface area contributed by atoms with Gasteiger partial charge in [-0.25, -0.2) is 9.38 Å². The molecule has 0 heterocycles. The van der Waals surface area contributed by atoms with E-state index >= 15 is 0 Å². The fraction of sp³-hybridized carbons (Fsp3) is 0.381. The first kappa shape index (κ1) is 20.7. The van der Waals surface area contributed by atoms with Crippen molar-refractivity contribution >= 4 is 5.96 Å². The van der Waals surface area contributed by atoms with Crippen molar-refractivity contribution < 1.29 is 9.13 Å². The lowest BCUT2D eigenvalue weighted by Gasteiger charge is -2.26. The van der Waals surface area contributed by atoms with Crippen molar-refractivity contribution in [2.45, 2.75) is 19.5 Å². The van der Waals surface area contributed by atoms with Crippen molar-refractivity contribution in [1.29, 1.82) is 0 Å². The number of likely N-dealkylation sites (N-methyl/N-ethyl adjacent to an activating group) is 1. The Kier molecular flexibility index (Phi) is 8.07. The van der Waals surface area contributed by atoms with Crippen LogP contribution in [0.5, 0.6) is 5.75 Å². The molecule has 6 heteroatoms. The zero-order valence-corrected chi connectivity index (χ0v) is 16.5. The second kappa shape index (κ2) is 10.5. The van der Waals surface area contributed by atoms with E-state index in [-0.39, 0.29) is 18.4 Å². The minimum atomic E-state index is -0.236. The molecule has 0 aliphatic carbocycles. The first-order valence-corrected chi connectivity index (χ1v) is 9.11. The van der Waals surface area contributed by atoms with Crippen molar-refractivity contribution in [3.8, 4) is 5.75 Å². The average molecular weight is 372 g/mol. The number of methoxy groups -OCH3 is 1. The van der Waals surface area contributed by atoms with E-state index in [1.165, 1.54) is 6.07 Å². The highest BCUT2D eigenvalue weighted by Crippen LogP contribution is 2.22. The summed E-state index contributed by atoms with van der Waals surface area (Å²) in [6.07, 6.45) is 0. The molecule has 2 rings (SSSR count). The van der Waals surface area contributed by atoms with Crippen LogP contribution in [0.1, 0.15) is 24.1 Å². The fourth-order valence-corrected chi connectivity index (χ4v) is 2.77. The van der Waals surface area contributed by atoms with Gasteiger partial charge < -0.3 is 20.3 Å². The Hall–Kier alpha value is -2.60. The van der Waals surface area contributed by atoms with Crippen molar-refractivity contribution in [1.82, 2.24) is 15.5 Å². The van der Waals surface area contributed by atoms with Crippen LogP contribution in [-0.2, 0) is 6.54 Å². The predicted octanol–water partition coefficient (Wildman–Crippen LogP) is 3.19. The molecule has 146 valence electrons. The Morgan fingerprint density at radius 1 is 1.15 bits per heavy atom. The largest absolute Gasteiger partial charge is 0.497 e. The molecule has 0 aromatic heterocycles. The summed E-state index contributed by atoms with van der Waals surface area (Å²) in [5.41, 5.74) is 1.73. The summed E-state index contributed by atoms with van der Waals surface area (Å²) in [4.78, 5) is 6.66. The summed E-state index contributed by atoms with van der Waals surface area (Å²) in [6, 6.07) is 14.9. The molecule has 0 saturated heterocycles. The normalized spacial score (nSPS) is 12.7. The number of hydrogen-bond acceptors (Lipinski definition) is 3. The standard InChI is InChI=1S/C21H29FN4O/c1-5-23-21(24-14-17-9-6-7-12-19(17)22)25-15-20(26(2)3)16-10-8-11-18(13-16)27-4/h6-13,20H,5,14-15H2,1-4H3,(H2,23,24,25). The molecule has 1 unspecified atom stereocenters. The second-order valence-electron chi connectivity index (χ2n) is 6.42. The number of nitrogens with zero attached hydrogens (tertiary/aromatic N) is 2. The van der Waals surface area contributed by atoms with Crippen LogP contribution in [0, 0.1) is 5.82 Å². The van der Waals surface area contributed by atoms with Crippen LogP contribution >= 0.6 is 0 Å². The summed E-state index contributed by atoms with van der Waals surface area (Å²) in [6.45, 7) is 3.68. The zero-order chi connectivity index (χ0) is 19.6. The number of halogens is 1. The van der Waals surface area contributed by atoms with Crippen LogP contribution in [0.3, 0.4) is 0 Å².